The number of nitrogens with one attached hydrogen (secondary N) is 1. The van der Waals surface area contributed by atoms with Crippen molar-refractivity contribution in [3.05, 3.63) is 69.8 Å². The number of likely N-dealkylation sites (N-methyl/N-ethyl adjacent to an activating group) is 1. The fourth-order valence-electron chi connectivity index (χ4n) is 2.32. The van der Waals surface area contributed by atoms with Gasteiger partial charge in [-0.3, -0.25) is 14.9 Å². The third-order valence-corrected chi connectivity index (χ3v) is 3.76. The van der Waals surface area contributed by atoms with Gasteiger partial charge in [0.1, 0.15) is 12.4 Å². The molecule has 26 heavy (non-hydrogen) atoms. The Morgan fingerprint density at radius 1 is 1.15 bits per heavy atom. The van der Waals surface area contributed by atoms with Gasteiger partial charge in [0.2, 0.25) is 5.91 Å². The highest BCUT2D eigenvalue weighted by atomic mass is 16.6. The number of hydrogen-bond donors (Lipinski definition) is 1. The Balaban J connectivity index is 1.83. The van der Waals surface area contributed by atoms with Gasteiger partial charge in [0.25, 0.3) is 5.69 Å². The van der Waals surface area contributed by atoms with Crippen LogP contribution in [0, 0.1) is 10.1 Å². The van der Waals surface area contributed by atoms with E-state index in [-0.39, 0.29) is 18.0 Å². The maximum atomic E-state index is 12.1. The maximum absolute atomic E-state index is 12.1. The molecule has 7 heteroatoms. The smallest absolute Gasteiger partial charge is 0.273 e. The molecule has 0 saturated heterocycles. The monoisotopic (exact) mass is 357 g/mol. The largest absolute Gasteiger partial charge is 0.492 e. The SMILES string of the molecule is CN(C)CCOc1ccc(CNC(=O)Cc2ccccc2[N+](=O)[O-])cc1. The number of carbonyl (C=O) groups is 1. The predicted octanol–water partition coefficient (Wildman–Crippen LogP) is 2.39. The second-order valence-corrected chi connectivity index (χ2v) is 6.14. The van der Waals surface area contributed by atoms with Gasteiger partial charge in [-0.05, 0) is 31.8 Å². The molecular weight excluding hydrogens is 334 g/mol. The molecule has 0 fully saturated rings. The van der Waals surface area contributed by atoms with Crippen molar-refractivity contribution in [2.45, 2.75) is 13.0 Å². The number of nitro benzene ring substituents is 1. The van der Waals surface area contributed by atoms with Crippen LogP contribution in [-0.4, -0.2) is 43.0 Å². The normalized spacial score (nSPS) is 10.6. The summed E-state index contributed by atoms with van der Waals surface area (Å²) in [6.07, 6.45) is -0.0249. The highest BCUT2D eigenvalue weighted by Gasteiger charge is 2.15. The van der Waals surface area contributed by atoms with Crippen LogP contribution in [0.25, 0.3) is 0 Å². The third-order valence-electron chi connectivity index (χ3n) is 3.76. The summed E-state index contributed by atoms with van der Waals surface area (Å²) < 4.78 is 5.62. The Bertz CT molecular complexity index is 745. The molecule has 0 bridgehead atoms. The number of amides is 1. The molecule has 2 aromatic rings. The number of para-hydroxylation sites is 1. The summed E-state index contributed by atoms with van der Waals surface area (Å²) in [5, 5.41) is 13.8. The van der Waals surface area contributed by atoms with Gasteiger partial charge in [-0.2, -0.15) is 0 Å². The summed E-state index contributed by atoms with van der Waals surface area (Å²) in [6, 6.07) is 13.8. The number of nitrogens with zero attached hydrogens (tertiary/aromatic N) is 2. The number of carbonyl (C=O) groups excluding carboxylic acids is 1. The quantitative estimate of drug-likeness (QED) is 0.550. The molecule has 0 heterocycles. The Morgan fingerprint density at radius 3 is 2.50 bits per heavy atom. The summed E-state index contributed by atoms with van der Waals surface area (Å²) in [7, 11) is 3.97. The Kier molecular flexibility index (Phi) is 7.11. The summed E-state index contributed by atoms with van der Waals surface area (Å²) in [5.74, 6) is 0.521. The first-order chi connectivity index (χ1) is 12.5. The second kappa shape index (κ2) is 9.53. The molecule has 0 aliphatic rings. The van der Waals surface area contributed by atoms with Gasteiger partial charge in [0.15, 0.2) is 0 Å². The number of rotatable bonds is 9. The zero-order chi connectivity index (χ0) is 18.9. The minimum absolute atomic E-state index is 0.0249. The first-order valence-electron chi connectivity index (χ1n) is 8.31. The molecular formula is C19H23N3O4. The van der Waals surface area contributed by atoms with Crippen molar-refractivity contribution >= 4 is 11.6 Å². The van der Waals surface area contributed by atoms with Crippen molar-refractivity contribution in [1.29, 1.82) is 0 Å². The van der Waals surface area contributed by atoms with E-state index in [9.17, 15) is 14.9 Å². The van der Waals surface area contributed by atoms with Crippen molar-refractivity contribution in [3.8, 4) is 5.75 Å². The lowest BCUT2D eigenvalue weighted by Crippen LogP contribution is -2.24. The first kappa shape index (κ1) is 19.4. The molecule has 0 saturated carbocycles. The van der Waals surface area contributed by atoms with Gasteiger partial charge < -0.3 is 15.0 Å². The molecule has 2 aromatic carbocycles. The van der Waals surface area contributed by atoms with Crippen LogP contribution in [-0.2, 0) is 17.8 Å². The molecule has 1 N–H and O–H groups in total. The topological polar surface area (TPSA) is 84.7 Å². The van der Waals surface area contributed by atoms with Crippen LogP contribution in [0.1, 0.15) is 11.1 Å². The average Bonchev–Trinajstić information content (AvgIpc) is 2.61. The molecule has 0 radical (unpaired) electrons. The first-order valence-corrected chi connectivity index (χ1v) is 8.31. The zero-order valence-corrected chi connectivity index (χ0v) is 15.0. The number of ether oxygens (including phenoxy) is 1. The van der Waals surface area contributed by atoms with Crippen LogP contribution < -0.4 is 10.1 Å². The van der Waals surface area contributed by atoms with Crippen LogP contribution in [0.5, 0.6) is 5.75 Å². The average molecular weight is 357 g/mol. The summed E-state index contributed by atoms with van der Waals surface area (Å²) in [6.45, 7) is 1.81. The molecule has 0 aromatic heterocycles. The van der Waals surface area contributed by atoms with E-state index in [0.717, 1.165) is 17.9 Å². The van der Waals surface area contributed by atoms with Crippen LogP contribution in [0.4, 0.5) is 5.69 Å². The lowest BCUT2D eigenvalue weighted by Gasteiger charge is -2.11. The Labute approximate surface area is 152 Å². The summed E-state index contributed by atoms with van der Waals surface area (Å²) in [5.41, 5.74) is 1.29. The fourth-order valence-corrected chi connectivity index (χ4v) is 2.32. The lowest BCUT2D eigenvalue weighted by molar-refractivity contribution is -0.385. The molecule has 0 atom stereocenters. The maximum Gasteiger partial charge on any atom is 0.273 e. The van der Waals surface area contributed by atoms with Gasteiger partial charge in [-0.1, -0.05) is 30.3 Å². The lowest BCUT2D eigenvalue weighted by atomic mass is 10.1. The minimum atomic E-state index is -0.475. The number of nitro groups is 1. The van der Waals surface area contributed by atoms with Crippen molar-refractivity contribution in [3.63, 3.8) is 0 Å². The predicted molar refractivity (Wildman–Crippen MR) is 99.1 cm³/mol. The van der Waals surface area contributed by atoms with E-state index in [0.29, 0.717) is 18.7 Å². The molecule has 0 aliphatic carbocycles. The van der Waals surface area contributed by atoms with Gasteiger partial charge in [-0.25, -0.2) is 0 Å². The molecule has 0 aliphatic heterocycles. The van der Waals surface area contributed by atoms with Crippen molar-refractivity contribution < 1.29 is 14.5 Å². The van der Waals surface area contributed by atoms with Crippen molar-refractivity contribution in [2.24, 2.45) is 0 Å². The van der Waals surface area contributed by atoms with E-state index in [2.05, 4.69) is 5.32 Å². The van der Waals surface area contributed by atoms with Gasteiger partial charge >= 0.3 is 0 Å². The van der Waals surface area contributed by atoms with E-state index < -0.39 is 4.92 Å². The molecule has 1 amide bonds. The van der Waals surface area contributed by atoms with Crippen LogP contribution in [0.15, 0.2) is 48.5 Å². The molecule has 2 rings (SSSR count). The summed E-state index contributed by atoms with van der Waals surface area (Å²) in [4.78, 5) is 24.6. The van der Waals surface area contributed by atoms with E-state index in [4.69, 9.17) is 4.74 Å². The fraction of sp³-hybridized carbons (Fsp3) is 0.316. The van der Waals surface area contributed by atoms with Crippen LogP contribution >= 0.6 is 0 Å². The van der Waals surface area contributed by atoms with Crippen molar-refractivity contribution in [1.82, 2.24) is 10.2 Å². The standard InChI is InChI=1S/C19H23N3O4/c1-21(2)11-12-26-17-9-7-15(8-10-17)14-20-19(23)13-16-5-3-4-6-18(16)22(24)25/h3-10H,11-14H2,1-2H3,(H,20,23). The number of benzene rings is 2. The number of hydrogen-bond acceptors (Lipinski definition) is 5. The van der Waals surface area contributed by atoms with E-state index >= 15 is 0 Å². The Hall–Kier alpha value is -2.93. The van der Waals surface area contributed by atoms with Crippen LogP contribution in [0.3, 0.4) is 0 Å². The van der Waals surface area contributed by atoms with E-state index in [1.54, 1.807) is 18.2 Å². The van der Waals surface area contributed by atoms with E-state index in [1.165, 1.54) is 6.07 Å². The molecule has 138 valence electrons. The third kappa shape index (κ3) is 6.18. The highest BCUT2D eigenvalue weighted by Crippen LogP contribution is 2.18. The zero-order valence-electron chi connectivity index (χ0n) is 15.0. The summed E-state index contributed by atoms with van der Waals surface area (Å²) >= 11 is 0. The van der Waals surface area contributed by atoms with Crippen LogP contribution in [0.2, 0.25) is 0 Å². The van der Waals surface area contributed by atoms with Gasteiger partial charge in [0.05, 0.1) is 11.3 Å². The van der Waals surface area contributed by atoms with Crippen molar-refractivity contribution in [2.75, 3.05) is 27.2 Å². The minimum Gasteiger partial charge on any atom is -0.492 e. The van der Waals surface area contributed by atoms with Gasteiger partial charge in [0, 0.05) is 24.7 Å². The molecule has 0 spiro atoms. The Morgan fingerprint density at radius 2 is 1.85 bits per heavy atom. The van der Waals surface area contributed by atoms with Gasteiger partial charge in [-0.15, -0.1) is 0 Å². The van der Waals surface area contributed by atoms with E-state index in [1.807, 2.05) is 43.3 Å². The highest BCUT2D eigenvalue weighted by molar-refractivity contribution is 5.79. The molecule has 7 nitrogen and oxygen atoms in total. The molecule has 0 unspecified atom stereocenters. The second-order valence-electron chi connectivity index (χ2n) is 6.14.